The fraction of sp³-hybridized carbons (Fsp3) is 0.667. The second kappa shape index (κ2) is 3.58. The van der Waals surface area contributed by atoms with Crippen LogP contribution in [-0.2, 0) is 4.74 Å². The molecule has 1 fully saturated rings. The van der Waals surface area contributed by atoms with Crippen molar-refractivity contribution in [2.45, 2.75) is 6.04 Å². The molecule has 0 aliphatic carbocycles. The lowest BCUT2D eigenvalue weighted by molar-refractivity contribution is 0.137. The third-order valence-corrected chi connectivity index (χ3v) is 1.62. The minimum absolute atomic E-state index is 0.252. The molecule has 0 aromatic rings. The van der Waals surface area contributed by atoms with Crippen molar-refractivity contribution in [2.75, 3.05) is 18.5 Å². The van der Waals surface area contributed by atoms with Gasteiger partial charge in [0.05, 0.1) is 12.6 Å². The van der Waals surface area contributed by atoms with Crippen LogP contribution in [0.1, 0.15) is 0 Å². The maximum Gasteiger partial charge on any atom is 0.411 e. The van der Waals surface area contributed by atoms with Gasteiger partial charge in [-0.05, 0) is 0 Å². The Balaban J connectivity index is 2.19. The molecule has 0 saturated carbocycles. The Morgan fingerprint density at radius 1 is 1.91 bits per heavy atom. The maximum absolute atomic E-state index is 10.9. The Morgan fingerprint density at radius 2 is 2.64 bits per heavy atom. The van der Waals surface area contributed by atoms with Crippen LogP contribution in [0.3, 0.4) is 0 Å². The third-order valence-electron chi connectivity index (χ3n) is 1.30. The molecule has 60 valence electrons. The van der Waals surface area contributed by atoms with Gasteiger partial charge in [0, 0.05) is 5.33 Å². The highest BCUT2D eigenvalue weighted by atomic mass is 79.9. The van der Waals surface area contributed by atoms with Gasteiger partial charge in [-0.1, -0.05) is 15.9 Å². The van der Waals surface area contributed by atoms with Crippen LogP contribution in [0.15, 0.2) is 0 Å². The fourth-order valence-electron chi connectivity index (χ4n) is 0.660. The van der Waals surface area contributed by atoms with Gasteiger partial charge in [-0.3, -0.25) is 4.90 Å². The van der Waals surface area contributed by atoms with Crippen LogP contribution in [0.5, 0.6) is 0 Å². The summed E-state index contributed by atoms with van der Waals surface area (Å²) in [7, 11) is 0. The molecule has 0 aromatic heterocycles. The van der Waals surface area contributed by atoms with Crippen LogP contribution in [0.25, 0.3) is 0 Å². The van der Waals surface area contributed by atoms with Crippen molar-refractivity contribution in [3.05, 3.63) is 0 Å². The van der Waals surface area contributed by atoms with Crippen molar-refractivity contribution < 1.29 is 9.53 Å². The number of nitrogens with zero attached hydrogens (tertiary/aromatic N) is 2. The van der Waals surface area contributed by atoms with Gasteiger partial charge >= 0.3 is 6.09 Å². The Kier molecular flexibility index (Phi) is 2.71. The van der Waals surface area contributed by atoms with E-state index in [0.717, 1.165) is 0 Å². The van der Waals surface area contributed by atoms with E-state index in [-0.39, 0.29) is 6.04 Å². The van der Waals surface area contributed by atoms with E-state index in [9.17, 15) is 4.79 Å². The molecule has 1 aliphatic rings. The lowest BCUT2D eigenvalue weighted by Crippen LogP contribution is -2.15. The van der Waals surface area contributed by atoms with E-state index in [1.807, 2.05) is 6.07 Å². The predicted octanol–water partition coefficient (Wildman–Crippen LogP) is 0.726. The minimum atomic E-state index is -0.393. The Hall–Kier alpha value is -0.760. The number of hydrogen-bond acceptors (Lipinski definition) is 3. The molecule has 1 unspecified atom stereocenters. The van der Waals surface area contributed by atoms with Crippen molar-refractivity contribution in [2.24, 2.45) is 0 Å². The summed E-state index contributed by atoms with van der Waals surface area (Å²) in [6.45, 7) is 0.866. The van der Waals surface area contributed by atoms with Gasteiger partial charge in [0.25, 0.3) is 0 Å². The van der Waals surface area contributed by atoms with Crippen molar-refractivity contribution in [1.82, 2.24) is 4.90 Å². The van der Waals surface area contributed by atoms with Gasteiger partial charge < -0.3 is 4.74 Å². The molecule has 0 aromatic carbocycles. The van der Waals surface area contributed by atoms with Gasteiger partial charge in [0.2, 0.25) is 0 Å². The highest BCUT2D eigenvalue weighted by Gasteiger charge is 2.39. The average molecular weight is 219 g/mol. The lowest BCUT2D eigenvalue weighted by Gasteiger charge is -2.01. The molecule has 1 atom stereocenters. The SMILES string of the molecule is N#CC1CN1C(=O)OCCBr. The minimum Gasteiger partial charge on any atom is -0.448 e. The zero-order chi connectivity index (χ0) is 8.27. The maximum atomic E-state index is 10.9. The average Bonchev–Trinajstić information content (AvgIpc) is 2.78. The zero-order valence-corrected chi connectivity index (χ0v) is 7.37. The zero-order valence-electron chi connectivity index (χ0n) is 5.79. The number of ether oxygens (including phenoxy) is 1. The molecule has 11 heavy (non-hydrogen) atoms. The number of rotatable bonds is 2. The Bertz CT molecular complexity index is 201. The summed E-state index contributed by atoms with van der Waals surface area (Å²) in [4.78, 5) is 12.2. The second-order valence-corrected chi connectivity index (χ2v) is 2.89. The lowest BCUT2D eigenvalue weighted by atomic mass is 10.5. The van der Waals surface area contributed by atoms with Gasteiger partial charge in [-0.15, -0.1) is 0 Å². The topological polar surface area (TPSA) is 53.1 Å². The number of hydrogen-bond donors (Lipinski definition) is 0. The standard InChI is InChI=1S/C6H7BrN2O2/c7-1-2-11-6(10)9-4-5(9)3-8/h5H,1-2,4H2. The van der Waals surface area contributed by atoms with Gasteiger partial charge in [0.1, 0.15) is 12.6 Å². The smallest absolute Gasteiger partial charge is 0.411 e. The van der Waals surface area contributed by atoms with Crippen LogP contribution >= 0.6 is 15.9 Å². The van der Waals surface area contributed by atoms with Crippen molar-refractivity contribution >= 4 is 22.0 Å². The van der Waals surface area contributed by atoms with Crippen molar-refractivity contribution in [3.63, 3.8) is 0 Å². The van der Waals surface area contributed by atoms with E-state index >= 15 is 0 Å². The quantitative estimate of drug-likeness (QED) is 0.508. The molecule has 0 N–H and O–H groups in total. The van der Waals surface area contributed by atoms with Crippen LogP contribution in [-0.4, -0.2) is 35.5 Å². The summed E-state index contributed by atoms with van der Waals surface area (Å²) >= 11 is 3.12. The number of alkyl halides is 1. The van der Waals surface area contributed by atoms with Crippen LogP contribution in [0.2, 0.25) is 0 Å². The fourth-order valence-corrected chi connectivity index (χ4v) is 0.822. The summed E-state index contributed by atoms with van der Waals surface area (Å²) in [5.41, 5.74) is 0. The molecule has 4 nitrogen and oxygen atoms in total. The highest BCUT2D eigenvalue weighted by Crippen LogP contribution is 2.16. The first kappa shape index (κ1) is 8.34. The van der Waals surface area contributed by atoms with E-state index in [4.69, 9.17) is 10.00 Å². The largest absolute Gasteiger partial charge is 0.448 e. The van der Waals surface area contributed by atoms with E-state index < -0.39 is 6.09 Å². The van der Waals surface area contributed by atoms with E-state index in [1.165, 1.54) is 4.90 Å². The second-order valence-electron chi connectivity index (χ2n) is 2.10. The molecular formula is C6H7BrN2O2. The Labute approximate surface area is 72.9 Å². The van der Waals surface area contributed by atoms with Crippen LogP contribution in [0, 0.1) is 11.3 Å². The first-order valence-corrected chi connectivity index (χ1v) is 4.30. The van der Waals surface area contributed by atoms with E-state index in [1.54, 1.807) is 0 Å². The number of halogens is 1. The van der Waals surface area contributed by atoms with E-state index in [0.29, 0.717) is 18.5 Å². The first-order chi connectivity index (χ1) is 5.29. The van der Waals surface area contributed by atoms with Gasteiger partial charge in [-0.25, -0.2) is 4.79 Å². The molecule has 1 amide bonds. The summed E-state index contributed by atoms with van der Waals surface area (Å²) in [5.74, 6) is 0. The molecule has 0 spiro atoms. The van der Waals surface area contributed by atoms with Crippen LogP contribution in [0.4, 0.5) is 4.79 Å². The van der Waals surface area contributed by atoms with Gasteiger partial charge in [0.15, 0.2) is 0 Å². The van der Waals surface area contributed by atoms with Crippen LogP contribution < -0.4 is 0 Å². The predicted molar refractivity (Wildman–Crippen MR) is 41.2 cm³/mol. The normalized spacial score (nSPS) is 20.7. The molecule has 0 radical (unpaired) electrons. The molecule has 1 heterocycles. The third kappa shape index (κ3) is 2.09. The molecule has 1 aliphatic heterocycles. The number of carbonyl (C=O) groups excluding carboxylic acids is 1. The van der Waals surface area contributed by atoms with E-state index in [2.05, 4.69) is 15.9 Å². The Morgan fingerprint density at radius 3 is 3.09 bits per heavy atom. The molecule has 5 heteroatoms. The summed E-state index contributed by atoms with van der Waals surface area (Å²) < 4.78 is 4.74. The summed E-state index contributed by atoms with van der Waals surface area (Å²) in [5, 5.41) is 8.97. The van der Waals surface area contributed by atoms with Crippen molar-refractivity contribution in [1.29, 1.82) is 5.26 Å². The number of amides is 1. The molecule has 0 bridgehead atoms. The summed E-state index contributed by atoms with van der Waals surface area (Å²) in [6.07, 6.45) is -0.393. The molecular weight excluding hydrogens is 212 g/mol. The highest BCUT2D eigenvalue weighted by molar-refractivity contribution is 9.09. The molecule has 1 rings (SSSR count). The summed E-state index contributed by atoms with van der Waals surface area (Å²) in [6, 6.07) is 1.71. The molecule has 1 saturated heterocycles. The van der Waals surface area contributed by atoms with Gasteiger partial charge in [-0.2, -0.15) is 5.26 Å². The monoisotopic (exact) mass is 218 g/mol. The number of nitriles is 1. The first-order valence-electron chi connectivity index (χ1n) is 3.18. The van der Waals surface area contributed by atoms with Crippen molar-refractivity contribution in [3.8, 4) is 6.07 Å². The number of carbonyl (C=O) groups is 1.